The molecule has 0 aliphatic carbocycles. The van der Waals surface area contributed by atoms with Gasteiger partial charge < -0.3 is 0 Å². The van der Waals surface area contributed by atoms with Gasteiger partial charge in [-0.2, -0.15) is 0 Å². The number of hydrogen-bond acceptors (Lipinski definition) is 2. The minimum atomic E-state index is 1.16. The topological polar surface area (TPSA) is 0 Å². The van der Waals surface area contributed by atoms with E-state index < -0.39 is 0 Å². The van der Waals surface area contributed by atoms with Crippen LogP contribution in [0.3, 0.4) is 0 Å². The van der Waals surface area contributed by atoms with Gasteiger partial charge in [-0.1, -0.05) is 75.2 Å². The first-order valence-electron chi connectivity index (χ1n) is 10.2. The van der Waals surface area contributed by atoms with E-state index in [1.165, 1.54) is 54.6 Å². The zero-order chi connectivity index (χ0) is 19.3. The lowest BCUT2D eigenvalue weighted by molar-refractivity contribution is 0.922. The third-order valence-corrected chi connectivity index (χ3v) is 7.47. The Morgan fingerprint density at radius 3 is 1.18 bits per heavy atom. The van der Waals surface area contributed by atoms with Gasteiger partial charge in [0.15, 0.2) is 0 Å². The van der Waals surface area contributed by atoms with E-state index in [1.807, 2.05) is 22.7 Å². The minimum Gasteiger partial charge on any atom is -0.134 e. The van der Waals surface area contributed by atoms with Gasteiger partial charge in [-0.3, -0.25) is 0 Å². The summed E-state index contributed by atoms with van der Waals surface area (Å²) >= 11 is 3.77. The SMILES string of the molecule is CCCc1ccc(-c2ccc(-c3ccc(-c4ccc(CCC)cc4)s3)s2)cc1. The van der Waals surface area contributed by atoms with Crippen LogP contribution in [0.2, 0.25) is 0 Å². The highest BCUT2D eigenvalue weighted by atomic mass is 32.1. The van der Waals surface area contributed by atoms with Crippen LogP contribution in [0.25, 0.3) is 30.6 Å². The molecule has 0 nitrogen and oxygen atoms in total. The van der Waals surface area contributed by atoms with Crippen molar-refractivity contribution in [1.82, 2.24) is 0 Å². The fourth-order valence-electron chi connectivity index (χ4n) is 3.50. The Hall–Kier alpha value is -2.16. The third kappa shape index (κ3) is 4.29. The Bertz CT molecular complexity index is 931. The summed E-state index contributed by atoms with van der Waals surface area (Å²) in [7, 11) is 0. The fourth-order valence-corrected chi connectivity index (χ4v) is 5.61. The van der Waals surface area contributed by atoms with E-state index in [0.717, 1.165) is 12.8 Å². The van der Waals surface area contributed by atoms with Crippen LogP contribution in [-0.4, -0.2) is 0 Å². The number of aryl methyl sites for hydroxylation is 2. The lowest BCUT2D eigenvalue weighted by atomic mass is 10.1. The molecule has 0 saturated heterocycles. The molecule has 142 valence electrons. The quantitative estimate of drug-likeness (QED) is 0.290. The van der Waals surface area contributed by atoms with E-state index in [2.05, 4.69) is 86.6 Å². The molecule has 0 amide bonds. The van der Waals surface area contributed by atoms with Crippen LogP contribution in [0.4, 0.5) is 0 Å². The first kappa shape index (κ1) is 19.2. The number of rotatable bonds is 7. The van der Waals surface area contributed by atoms with Crippen LogP contribution in [0, 0.1) is 0 Å². The summed E-state index contributed by atoms with van der Waals surface area (Å²) in [4.78, 5) is 5.40. The lowest BCUT2D eigenvalue weighted by Gasteiger charge is -2.01. The Labute approximate surface area is 176 Å². The molecule has 28 heavy (non-hydrogen) atoms. The maximum atomic E-state index is 2.27. The van der Waals surface area contributed by atoms with Gasteiger partial charge in [-0.15, -0.1) is 22.7 Å². The van der Waals surface area contributed by atoms with Crippen LogP contribution < -0.4 is 0 Å². The molecule has 4 aromatic rings. The summed E-state index contributed by atoms with van der Waals surface area (Å²) in [6.45, 7) is 4.46. The van der Waals surface area contributed by atoms with Gasteiger partial charge in [-0.05, 0) is 59.4 Å². The highest BCUT2D eigenvalue weighted by Gasteiger charge is 2.09. The number of hydrogen-bond donors (Lipinski definition) is 0. The van der Waals surface area contributed by atoms with E-state index in [-0.39, 0.29) is 0 Å². The normalized spacial score (nSPS) is 11.1. The van der Waals surface area contributed by atoms with Crippen molar-refractivity contribution < 1.29 is 0 Å². The van der Waals surface area contributed by atoms with Gasteiger partial charge in [0.2, 0.25) is 0 Å². The molecule has 2 heterocycles. The standard InChI is InChI=1S/C26H26S2/c1-3-5-19-7-11-21(12-8-19)23-15-17-25(27-23)26-18-16-24(28-26)22-13-9-20(6-4-2)10-14-22/h7-18H,3-6H2,1-2H3. The van der Waals surface area contributed by atoms with Crippen molar-refractivity contribution in [1.29, 1.82) is 0 Å². The van der Waals surface area contributed by atoms with Crippen molar-refractivity contribution in [3.63, 3.8) is 0 Å². The highest BCUT2D eigenvalue weighted by molar-refractivity contribution is 7.25. The van der Waals surface area contributed by atoms with Gasteiger partial charge in [0.25, 0.3) is 0 Å². The van der Waals surface area contributed by atoms with E-state index in [1.54, 1.807) is 0 Å². The summed E-state index contributed by atoms with van der Waals surface area (Å²) < 4.78 is 0. The lowest BCUT2D eigenvalue weighted by Crippen LogP contribution is -1.81. The Balaban J connectivity index is 1.53. The van der Waals surface area contributed by atoms with Gasteiger partial charge >= 0.3 is 0 Å². The van der Waals surface area contributed by atoms with Crippen molar-refractivity contribution in [2.75, 3.05) is 0 Å². The second-order valence-electron chi connectivity index (χ2n) is 7.22. The van der Waals surface area contributed by atoms with Gasteiger partial charge in [0.1, 0.15) is 0 Å². The molecule has 0 bridgehead atoms. The van der Waals surface area contributed by atoms with Crippen LogP contribution >= 0.6 is 22.7 Å². The molecule has 0 radical (unpaired) electrons. The molecule has 0 saturated carbocycles. The maximum absolute atomic E-state index is 2.27. The predicted molar refractivity (Wildman–Crippen MR) is 126 cm³/mol. The molecule has 0 unspecified atom stereocenters. The van der Waals surface area contributed by atoms with E-state index in [9.17, 15) is 0 Å². The summed E-state index contributed by atoms with van der Waals surface area (Å²) in [6, 6.07) is 27.2. The van der Waals surface area contributed by atoms with Crippen molar-refractivity contribution in [3.8, 4) is 30.6 Å². The molecule has 4 rings (SSSR count). The van der Waals surface area contributed by atoms with Crippen LogP contribution in [0.15, 0.2) is 72.8 Å². The zero-order valence-corrected chi connectivity index (χ0v) is 18.2. The average molecular weight is 403 g/mol. The first-order chi connectivity index (χ1) is 13.8. The van der Waals surface area contributed by atoms with Crippen LogP contribution in [-0.2, 0) is 12.8 Å². The molecule has 2 aromatic carbocycles. The van der Waals surface area contributed by atoms with Crippen molar-refractivity contribution in [2.24, 2.45) is 0 Å². The van der Waals surface area contributed by atoms with Crippen LogP contribution in [0.1, 0.15) is 37.8 Å². The Morgan fingerprint density at radius 1 is 0.464 bits per heavy atom. The molecule has 0 aliphatic rings. The third-order valence-electron chi connectivity index (χ3n) is 5.01. The minimum absolute atomic E-state index is 1.16. The molecule has 2 aromatic heterocycles. The fraction of sp³-hybridized carbons (Fsp3) is 0.231. The van der Waals surface area contributed by atoms with Crippen molar-refractivity contribution in [2.45, 2.75) is 39.5 Å². The Morgan fingerprint density at radius 2 is 0.821 bits per heavy atom. The van der Waals surface area contributed by atoms with Crippen molar-refractivity contribution >= 4 is 22.7 Å². The van der Waals surface area contributed by atoms with E-state index in [4.69, 9.17) is 0 Å². The van der Waals surface area contributed by atoms with Crippen LogP contribution in [0.5, 0.6) is 0 Å². The monoisotopic (exact) mass is 402 g/mol. The predicted octanol–water partition coefficient (Wildman–Crippen LogP) is 8.72. The Kier molecular flexibility index (Phi) is 6.09. The smallest absolute Gasteiger partial charge is 0.0449 e. The second-order valence-corrected chi connectivity index (χ2v) is 9.39. The summed E-state index contributed by atoms with van der Waals surface area (Å²) in [5.41, 5.74) is 5.49. The van der Waals surface area contributed by atoms with E-state index in [0.29, 0.717) is 0 Å². The summed E-state index contributed by atoms with van der Waals surface area (Å²) in [6.07, 6.45) is 4.72. The first-order valence-corrected chi connectivity index (χ1v) is 11.8. The molecule has 0 N–H and O–H groups in total. The molecule has 0 atom stereocenters. The number of thiophene rings is 2. The highest BCUT2D eigenvalue weighted by Crippen LogP contribution is 2.40. The molecule has 0 aliphatic heterocycles. The largest absolute Gasteiger partial charge is 0.134 e. The van der Waals surface area contributed by atoms with E-state index >= 15 is 0 Å². The van der Waals surface area contributed by atoms with Gasteiger partial charge in [-0.25, -0.2) is 0 Å². The average Bonchev–Trinajstić information content (AvgIpc) is 3.40. The maximum Gasteiger partial charge on any atom is 0.0449 e. The summed E-state index contributed by atoms with van der Waals surface area (Å²) in [5.74, 6) is 0. The van der Waals surface area contributed by atoms with Gasteiger partial charge in [0, 0.05) is 19.5 Å². The second kappa shape index (κ2) is 8.89. The molecular formula is C26H26S2. The molecular weight excluding hydrogens is 376 g/mol. The zero-order valence-electron chi connectivity index (χ0n) is 16.6. The summed E-state index contributed by atoms with van der Waals surface area (Å²) in [5, 5.41) is 0. The van der Waals surface area contributed by atoms with Gasteiger partial charge in [0.05, 0.1) is 0 Å². The van der Waals surface area contributed by atoms with Crippen molar-refractivity contribution in [3.05, 3.63) is 83.9 Å². The molecule has 2 heteroatoms. The molecule has 0 fully saturated rings. The number of benzene rings is 2. The molecule has 0 spiro atoms.